The molecule has 0 bridgehead atoms. The molecular weight excluding hydrogens is 331 g/mol. The number of hydrogen-bond donors (Lipinski definition) is 0. The lowest BCUT2D eigenvalue weighted by molar-refractivity contribution is -0.275. The van der Waals surface area contributed by atoms with Gasteiger partial charge in [0, 0.05) is 5.56 Å². The molecule has 0 fully saturated rings. The highest BCUT2D eigenvalue weighted by atomic mass is 127. The molecule has 0 unspecified atom stereocenters. The molecular formula is C8H5ClF3IO. The second-order valence-corrected chi connectivity index (χ2v) is 3.84. The van der Waals surface area contributed by atoms with Gasteiger partial charge in [0.1, 0.15) is 5.75 Å². The van der Waals surface area contributed by atoms with Crippen molar-refractivity contribution in [3.05, 3.63) is 27.3 Å². The zero-order chi connectivity index (χ0) is 10.8. The number of para-hydroxylation sites is 1. The van der Waals surface area contributed by atoms with Gasteiger partial charge in [-0.05, 0) is 28.7 Å². The third-order valence-electron chi connectivity index (χ3n) is 1.41. The van der Waals surface area contributed by atoms with Crippen LogP contribution in [-0.2, 0) is 5.88 Å². The van der Waals surface area contributed by atoms with Gasteiger partial charge in [0.15, 0.2) is 0 Å². The average Bonchev–Trinajstić information content (AvgIpc) is 2.06. The van der Waals surface area contributed by atoms with Crippen LogP contribution in [0.4, 0.5) is 13.2 Å². The van der Waals surface area contributed by atoms with Crippen molar-refractivity contribution in [2.75, 3.05) is 0 Å². The Labute approximate surface area is 97.3 Å². The highest BCUT2D eigenvalue weighted by Gasteiger charge is 2.32. The van der Waals surface area contributed by atoms with Crippen molar-refractivity contribution < 1.29 is 17.9 Å². The number of halogens is 5. The van der Waals surface area contributed by atoms with E-state index in [0.717, 1.165) is 0 Å². The summed E-state index contributed by atoms with van der Waals surface area (Å²) in [5.74, 6) is -0.224. The lowest BCUT2D eigenvalue weighted by atomic mass is 10.2. The molecule has 0 aliphatic carbocycles. The average molecular weight is 336 g/mol. The summed E-state index contributed by atoms with van der Waals surface area (Å²) < 4.78 is 40.2. The highest BCUT2D eigenvalue weighted by Crippen LogP contribution is 2.31. The first-order valence-corrected chi connectivity index (χ1v) is 5.14. The second-order valence-electron chi connectivity index (χ2n) is 2.41. The van der Waals surface area contributed by atoms with Gasteiger partial charge in [-0.25, -0.2) is 0 Å². The SMILES string of the molecule is FC(F)(F)Oc1c(I)cccc1CCl. The molecule has 78 valence electrons. The molecule has 0 saturated heterocycles. The van der Waals surface area contributed by atoms with E-state index in [1.54, 1.807) is 28.7 Å². The van der Waals surface area contributed by atoms with Crippen LogP contribution in [0.3, 0.4) is 0 Å². The van der Waals surface area contributed by atoms with Crippen molar-refractivity contribution >= 4 is 34.2 Å². The van der Waals surface area contributed by atoms with Crippen LogP contribution in [0.1, 0.15) is 5.56 Å². The van der Waals surface area contributed by atoms with Gasteiger partial charge in [-0.3, -0.25) is 0 Å². The van der Waals surface area contributed by atoms with Gasteiger partial charge in [-0.1, -0.05) is 12.1 Å². The smallest absolute Gasteiger partial charge is 0.404 e. The molecule has 0 heterocycles. The van der Waals surface area contributed by atoms with E-state index in [0.29, 0.717) is 9.13 Å². The van der Waals surface area contributed by atoms with Crippen molar-refractivity contribution in [1.29, 1.82) is 0 Å². The van der Waals surface area contributed by atoms with Crippen LogP contribution in [0.5, 0.6) is 5.75 Å². The van der Waals surface area contributed by atoms with Gasteiger partial charge >= 0.3 is 6.36 Å². The molecule has 1 nitrogen and oxygen atoms in total. The van der Waals surface area contributed by atoms with E-state index in [9.17, 15) is 13.2 Å². The first kappa shape index (κ1) is 11.9. The summed E-state index contributed by atoms with van der Waals surface area (Å²) in [5, 5.41) is 0. The van der Waals surface area contributed by atoms with Crippen LogP contribution in [0.15, 0.2) is 18.2 Å². The zero-order valence-corrected chi connectivity index (χ0v) is 9.65. The minimum absolute atomic E-state index is 0.0117. The van der Waals surface area contributed by atoms with Crippen LogP contribution in [0.25, 0.3) is 0 Å². The minimum atomic E-state index is -4.68. The van der Waals surface area contributed by atoms with Gasteiger partial charge in [-0.2, -0.15) is 0 Å². The molecule has 0 aromatic heterocycles. The molecule has 0 saturated carbocycles. The standard InChI is InChI=1S/C8H5ClF3IO/c9-4-5-2-1-3-6(13)7(5)14-8(10,11)12/h1-3H,4H2. The Kier molecular flexibility index (Phi) is 3.88. The number of alkyl halides is 4. The summed E-state index contributed by atoms with van der Waals surface area (Å²) in [6.45, 7) is 0. The van der Waals surface area contributed by atoms with Crippen LogP contribution in [0.2, 0.25) is 0 Å². The fraction of sp³-hybridized carbons (Fsp3) is 0.250. The van der Waals surface area contributed by atoms with Crippen LogP contribution >= 0.6 is 34.2 Å². The molecule has 0 N–H and O–H groups in total. The Hall–Kier alpha value is -0.170. The van der Waals surface area contributed by atoms with E-state index < -0.39 is 6.36 Å². The summed E-state index contributed by atoms with van der Waals surface area (Å²) in [4.78, 5) is 0. The zero-order valence-electron chi connectivity index (χ0n) is 6.74. The largest absolute Gasteiger partial charge is 0.573 e. The van der Waals surface area contributed by atoms with Crippen molar-refractivity contribution in [3.8, 4) is 5.75 Å². The Morgan fingerprint density at radius 2 is 2.00 bits per heavy atom. The molecule has 6 heteroatoms. The maximum Gasteiger partial charge on any atom is 0.573 e. The predicted molar refractivity (Wildman–Crippen MR) is 55.4 cm³/mol. The first-order valence-electron chi connectivity index (χ1n) is 3.53. The molecule has 1 aromatic carbocycles. The minimum Gasteiger partial charge on any atom is -0.404 e. The van der Waals surface area contributed by atoms with Crippen molar-refractivity contribution in [2.24, 2.45) is 0 Å². The van der Waals surface area contributed by atoms with E-state index in [2.05, 4.69) is 4.74 Å². The Balaban J connectivity index is 3.05. The number of rotatable bonds is 2. The summed E-state index contributed by atoms with van der Waals surface area (Å²) in [6.07, 6.45) is -4.68. The predicted octanol–water partition coefficient (Wildman–Crippen LogP) is 3.93. The lowest BCUT2D eigenvalue weighted by Gasteiger charge is -2.13. The lowest BCUT2D eigenvalue weighted by Crippen LogP contribution is -2.18. The third-order valence-corrected chi connectivity index (χ3v) is 2.55. The summed E-state index contributed by atoms with van der Waals surface area (Å²) in [7, 11) is 0. The molecule has 0 spiro atoms. The highest BCUT2D eigenvalue weighted by molar-refractivity contribution is 14.1. The van der Waals surface area contributed by atoms with Gasteiger partial charge in [0.05, 0.1) is 9.45 Å². The summed E-state index contributed by atoms with van der Waals surface area (Å²) in [6, 6.07) is 4.65. The summed E-state index contributed by atoms with van der Waals surface area (Å²) in [5.41, 5.74) is 0.330. The molecule has 1 rings (SSSR count). The normalized spacial score (nSPS) is 11.5. The van der Waals surface area contributed by atoms with E-state index >= 15 is 0 Å². The fourth-order valence-electron chi connectivity index (χ4n) is 0.889. The van der Waals surface area contributed by atoms with Crippen molar-refractivity contribution in [3.63, 3.8) is 0 Å². The molecule has 0 atom stereocenters. The van der Waals surface area contributed by atoms with Crippen LogP contribution in [0, 0.1) is 3.57 Å². The van der Waals surface area contributed by atoms with Gasteiger partial charge < -0.3 is 4.74 Å². The molecule has 0 radical (unpaired) electrons. The van der Waals surface area contributed by atoms with Crippen LogP contribution in [-0.4, -0.2) is 6.36 Å². The maximum absolute atomic E-state index is 12.0. The number of benzene rings is 1. The van der Waals surface area contributed by atoms with E-state index in [1.165, 1.54) is 12.1 Å². The van der Waals surface area contributed by atoms with Crippen LogP contribution < -0.4 is 4.74 Å². The van der Waals surface area contributed by atoms with Gasteiger partial charge in [0.2, 0.25) is 0 Å². The Bertz CT molecular complexity index is 327. The molecule has 14 heavy (non-hydrogen) atoms. The number of ether oxygens (including phenoxy) is 1. The maximum atomic E-state index is 12.0. The number of hydrogen-bond acceptors (Lipinski definition) is 1. The Morgan fingerprint density at radius 1 is 1.36 bits per heavy atom. The molecule has 0 amide bonds. The van der Waals surface area contributed by atoms with E-state index in [-0.39, 0.29) is 11.6 Å². The molecule has 0 aliphatic rings. The second kappa shape index (κ2) is 4.57. The Morgan fingerprint density at radius 3 is 2.50 bits per heavy atom. The monoisotopic (exact) mass is 336 g/mol. The van der Waals surface area contributed by atoms with Gasteiger partial charge in [-0.15, -0.1) is 24.8 Å². The summed E-state index contributed by atoms with van der Waals surface area (Å²) >= 11 is 7.25. The van der Waals surface area contributed by atoms with E-state index in [1.807, 2.05) is 0 Å². The van der Waals surface area contributed by atoms with Crippen molar-refractivity contribution in [2.45, 2.75) is 12.2 Å². The van der Waals surface area contributed by atoms with E-state index in [4.69, 9.17) is 11.6 Å². The van der Waals surface area contributed by atoms with Gasteiger partial charge in [0.25, 0.3) is 0 Å². The first-order chi connectivity index (χ1) is 6.44. The quantitative estimate of drug-likeness (QED) is 0.587. The topological polar surface area (TPSA) is 9.23 Å². The molecule has 1 aromatic rings. The third kappa shape index (κ3) is 3.20. The van der Waals surface area contributed by atoms with Crippen molar-refractivity contribution in [1.82, 2.24) is 0 Å². The molecule has 0 aliphatic heterocycles. The fourth-order valence-corrected chi connectivity index (χ4v) is 1.76.